The molecule has 3 aromatic heterocycles. The normalized spacial score (nSPS) is 18.0. The first-order valence-corrected chi connectivity index (χ1v) is 14.0. The molecule has 8 nitrogen and oxygen atoms in total. The van der Waals surface area contributed by atoms with E-state index in [1.54, 1.807) is 28.4 Å². The minimum atomic E-state index is -0.905. The minimum absolute atomic E-state index is 0.113. The smallest absolute Gasteiger partial charge is 0.290 e. The van der Waals surface area contributed by atoms with Crippen molar-refractivity contribution in [2.75, 3.05) is 26.3 Å². The number of hydrogen-bond acceptors (Lipinski definition) is 7. The Morgan fingerprint density at radius 3 is 2.59 bits per heavy atom. The number of nitrogens with one attached hydrogen (secondary N) is 1. The van der Waals surface area contributed by atoms with Gasteiger partial charge in [0.25, 0.3) is 11.8 Å². The Labute approximate surface area is 221 Å². The van der Waals surface area contributed by atoms with Gasteiger partial charge in [-0.2, -0.15) is 0 Å². The van der Waals surface area contributed by atoms with Gasteiger partial charge in [-0.1, -0.05) is 25.3 Å². The van der Waals surface area contributed by atoms with Gasteiger partial charge in [0.05, 0.1) is 26.3 Å². The third-order valence-corrected chi connectivity index (χ3v) is 7.93. The van der Waals surface area contributed by atoms with E-state index in [1.165, 1.54) is 6.42 Å². The van der Waals surface area contributed by atoms with Crippen molar-refractivity contribution in [2.24, 2.45) is 0 Å². The second-order valence-electron chi connectivity index (χ2n) is 9.86. The van der Waals surface area contributed by atoms with Crippen LogP contribution in [0.3, 0.4) is 0 Å². The number of carbonyl (C=O) groups is 2. The standard InChI is InChI=1S/C28H35N3O5S/c1-20-9-11-24(35-20)26(27(32)29-21-6-3-2-4-7-21)31(19-23-8-5-17-37-23)28(33)25-12-10-22(36-25)18-30-13-15-34-16-14-30/h5,8-12,17,21,26H,2-4,6-7,13-16,18-19H2,1H3,(H,29,32). The van der Waals surface area contributed by atoms with Crippen molar-refractivity contribution in [3.05, 3.63) is 69.7 Å². The first-order valence-electron chi connectivity index (χ1n) is 13.2. The third-order valence-electron chi connectivity index (χ3n) is 7.06. The predicted molar refractivity (Wildman–Crippen MR) is 140 cm³/mol. The average molecular weight is 526 g/mol. The largest absolute Gasteiger partial charge is 0.464 e. The Morgan fingerprint density at radius 1 is 1.08 bits per heavy atom. The number of carbonyl (C=O) groups excluding carboxylic acids is 2. The number of amides is 2. The zero-order valence-electron chi connectivity index (χ0n) is 21.3. The molecule has 37 heavy (non-hydrogen) atoms. The van der Waals surface area contributed by atoms with Crippen LogP contribution in [0.5, 0.6) is 0 Å². The van der Waals surface area contributed by atoms with Crippen LogP contribution in [0.15, 0.2) is 50.6 Å². The molecule has 0 aromatic carbocycles. The van der Waals surface area contributed by atoms with Crippen LogP contribution >= 0.6 is 11.3 Å². The van der Waals surface area contributed by atoms with Gasteiger partial charge in [0.2, 0.25) is 0 Å². The second-order valence-corrected chi connectivity index (χ2v) is 10.9. The fourth-order valence-electron chi connectivity index (χ4n) is 5.10. The van der Waals surface area contributed by atoms with E-state index in [9.17, 15) is 9.59 Å². The fourth-order valence-corrected chi connectivity index (χ4v) is 5.80. The van der Waals surface area contributed by atoms with Crippen molar-refractivity contribution in [1.82, 2.24) is 15.1 Å². The molecule has 3 aromatic rings. The lowest BCUT2D eigenvalue weighted by molar-refractivity contribution is -0.127. The number of aryl methyl sites for hydroxylation is 1. The molecule has 2 fully saturated rings. The molecule has 0 radical (unpaired) electrons. The van der Waals surface area contributed by atoms with Crippen LogP contribution < -0.4 is 5.32 Å². The molecule has 9 heteroatoms. The van der Waals surface area contributed by atoms with Crippen LogP contribution in [0.25, 0.3) is 0 Å². The van der Waals surface area contributed by atoms with E-state index in [0.717, 1.165) is 49.4 Å². The fraction of sp³-hybridized carbons (Fsp3) is 0.500. The highest BCUT2D eigenvalue weighted by molar-refractivity contribution is 7.09. The maximum atomic E-state index is 14.0. The molecule has 0 spiro atoms. The van der Waals surface area contributed by atoms with Gasteiger partial charge in [0.15, 0.2) is 11.8 Å². The van der Waals surface area contributed by atoms with Crippen LogP contribution in [0.2, 0.25) is 0 Å². The van der Waals surface area contributed by atoms with E-state index in [1.807, 2.05) is 36.6 Å². The molecule has 1 aliphatic carbocycles. The van der Waals surface area contributed by atoms with Crippen molar-refractivity contribution in [3.8, 4) is 0 Å². The van der Waals surface area contributed by atoms with Crippen LogP contribution in [0.1, 0.15) is 70.9 Å². The Balaban J connectivity index is 1.42. The first-order chi connectivity index (χ1) is 18.1. The molecule has 1 unspecified atom stereocenters. The topological polar surface area (TPSA) is 88.2 Å². The zero-order valence-corrected chi connectivity index (χ0v) is 22.1. The first kappa shape index (κ1) is 25.8. The highest BCUT2D eigenvalue weighted by Gasteiger charge is 2.37. The van der Waals surface area contributed by atoms with Crippen LogP contribution in [0, 0.1) is 6.92 Å². The molecule has 1 atom stereocenters. The highest BCUT2D eigenvalue weighted by atomic mass is 32.1. The van der Waals surface area contributed by atoms with Crippen molar-refractivity contribution in [2.45, 2.75) is 64.2 Å². The summed E-state index contributed by atoms with van der Waals surface area (Å²) in [5.41, 5.74) is 0. The quantitative estimate of drug-likeness (QED) is 0.427. The molecule has 1 saturated heterocycles. The van der Waals surface area contributed by atoms with E-state index in [4.69, 9.17) is 13.6 Å². The second kappa shape index (κ2) is 12.1. The van der Waals surface area contributed by atoms with Gasteiger partial charge in [-0.25, -0.2) is 0 Å². The molecule has 5 rings (SSSR count). The van der Waals surface area contributed by atoms with Crippen LogP contribution in [0.4, 0.5) is 0 Å². The van der Waals surface area contributed by atoms with Gasteiger partial charge in [-0.05, 0) is 55.5 Å². The van der Waals surface area contributed by atoms with Gasteiger partial charge < -0.3 is 23.8 Å². The number of hydrogen-bond donors (Lipinski definition) is 1. The maximum absolute atomic E-state index is 14.0. The Kier molecular flexibility index (Phi) is 8.43. The zero-order chi connectivity index (χ0) is 25.6. The van der Waals surface area contributed by atoms with E-state index < -0.39 is 6.04 Å². The van der Waals surface area contributed by atoms with E-state index in [-0.39, 0.29) is 30.2 Å². The number of morpholine rings is 1. The lowest BCUT2D eigenvalue weighted by atomic mass is 9.95. The van der Waals surface area contributed by atoms with Crippen molar-refractivity contribution >= 4 is 23.2 Å². The highest BCUT2D eigenvalue weighted by Crippen LogP contribution is 2.30. The van der Waals surface area contributed by atoms with Crippen molar-refractivity contribution in [3.63, 3.8) is 0 Å². The van der Waals surface area contributed by atoms with E-state index >= 15 is 0 Å². The van der Waals surface area contributed by atoms with Crippen LogP contribution in [-0.4, -0.2) is 54.0 Å². The van der Waals surface area contributed by atoms with Gasteiger partial charge in [-0.3, -0.25) is 14.5 Å². The molecule has 198 valence electrons. The van der Waals surface area contributed by atoms with Crippen LogP contribution in [-0.2, 0) is 22.6 Å². The molecule has 1 N–H and O–H groups in total. The Morgan fingerprint density at radius 2 is 1.89 bits per heavy atom. The predicted octanol–water partition coefficient (Wildman–Crippen LogP) is 4.91. The summed E-state index contributed by atoms with van der Waals surface area (Å²) in [5.74, 6) is 1.54. The van der Waals surface area contributed by atoms with Gasteiger partial charge in [-0.15, -0.1) is 11.3 Å². The number of nitrogens with zero attached hydrogens (tertiary/aromatic N) is 2. The minimum Gasteiger partial charge on any atom is -0.464 e. The molecule has 1 aliphatic heterocycles. The number of rotatable bonds is 9. The SMILES string of the molecule is Cc1ccc(C(C(=O)NC2CCCCC2)N(Cc2cccs2)C(=O)c2ccc(CN3CCOCC3)o2)o1. The van der Waals surface area contributed by atoms with Crippen molar-refractivity contribution < 1.29 is 23.2 Å². The lowest BCUT2D eigenvalue weighted by Crippen LogP contribution is -2.46. The summed E-state index contributed by atoms with van der Waals surface area (Å²) in [6, 6.07) is 10.3. The molecule has 2 amide bonds. The lowest BCUT2D eigenvalue weighted by Gasteiger charge is -2.31. The molecule has 1 saturated carbocycles. The summed E-state index contributed by atoms with van der Waals surface area (Å²) in [5, 5.41) is 5.19. The Bertz CT molecular complexity index is 1160. The average Bonchev–Trinajstić information content (AvgIpc) is 3.68. The number of ether oxygens (including phenoxy) is 1. The number of furan rings is 2. The van der Waals surface area contributed by atoms with Gasteiger partial charge in [0.1, 0.15) is 17.3 Å². The van der Waals surface area contributed by atoms with Gasteiger partial charge >= 0.3 is 0 Å². The molecular formula is C28H35N3O5S. The molecule has 0 bridgehead atoms. The number of thiophene rings is 1. The summed E-state index contributed by atoms with van der Waals surface area (Å²) in [6.45, 7) is 5.78. The summed E-state index contributed by atoms with van der Waals surface area (Å²) < 4.78 is 17.4. The summed E-state index contributed by atoms with van der Waals surface area (Å²) in [4.78, 5) is 32.6. The van der Waals surface area contributed by atoms with Gasteiger partial charge in [0, 0.05) is 24.0 Å². The maximum Gasteiger partial charge on any atom is 0.290 e. The summed E-state index contributed by atoms with van der Waals surface area (Å²) >= 11 is 1.55. The third kappa shape index (κ3) is 6.52. The summed E-state index contributed by atoms with van der Waals surface area (Å²) in [7, 11) is 0. The van der Waals surface area contributed by atoms with E-state index in [0.29, 0.717) is 31.3 Å². The Hall–Kier alpha value is -2.88. The van der Waals surface area contributed by atoms with E-state index in [2.05, 4.69) is 10.2 Å². The monoisotopic (exact) mass is 525 g/mol. The summed E-state index contributed by atoms with van der Waals surface area (Å²) in [6.07, 6.45) is 5.31. The molecular weight excluding hydrogens is 490 g/mol. The molecule has 2 aliphatic rings. The molecule has 4 heterocycles. The van der Waals surface area contributed by atoms with Crippen molar-refractivity contribution in [1.29, 1.82) is 0 Å².